The number of hydrogen-bond donors (Lipinski definition) is 1. The number of aliphatic hydroxyl groups excluding tert-OH is 1. The number of nitrogens with zero attached hydrogens (tertiary/aromatic N) is 2. The van der Waals surface area contributed by atoms with Gasteiger partial charge in [0.15, 0.2) is 6.10 Å². The van der Waals surface area contributed by atoms with Crippen molar-refractivity contribution in [3.8, 4) is 11.5 Å². The Kier molecular flexibility index (Phi) is 9.81. The summed E-state index contributed by atoms with van der Waals surface area (Å²) in [5, 5.41) is 10.9. The van der Waals surface area contributed by atoms with Gasteiger partial charge >= 0.3 is 0 Å². The van der Waals surface area contributed by atoms with Gasteiger partial charge in [0.2, 0.25) is 0 Å². The van der Waals surface area contributed by atoms with Crippen molar-refractivity contribution >= 4 is 23.4 Å². The summed E-state index contributed by atoms with van der Waals surface area (Å²) in [6.07, 6.45) is 3.76. The third kappa shape index (κ3) is 7.36. The predicted molar refractivity (Wildman–Crippen MR) is 136 cm³/mol. The maximum absolute atomic E-state index is 12.7. The minimum Gasteiger partial charge on any atom is -0.497 e. The number of likely N-dealkylation sites (tertiary alicyclic amines) is 1. The van der Waals surface area contributed by atoms with Gasteiger partial charge in [0, 0.05) is 27.2 Å². The fourth-order valence-electron chi connectivity index (χ4n) is 4.29. The molecule has 1 heterocycles. The van der Waals surface area contributed by atoms with Crippen LogP contribution in [-0.2, 0) is 4.79 Å². The number of amides is 2. The zero-order chi connectivity index (χ0) is 25.4. The van der Waals surface area contributed by atoms with Crippen LogP contribution in [0.1, 0.15) is 54.1 Å². The molecule has 0 aliphatic carbocycles. The summed E-state index contributed by atoms with van der Waals surface area (Å²) in [5.74, 6) is 1.47. The number of carbonyl (C=O) groups excluding carboxylic acids is 2. The van der Waals surface area contributed by atoms with Crippen molar-refractivity contribution in [2.45, 2.75) is 38.2 Å². The molecule has 2 aromatic carbocycles. The summed E-state index contributed by atoms with van der Waals surface area (Å²) in [6, 6.07) is 12.2. The van der Waals surface area contributed by atoms with Crippen molar-refractivity contribution in [2.75, 3.05) is 40.9 Å². The second kappa shape index (κ2) is 12.8. The van der Waals surface area contributed by atoms with Crippen LogP contribution in [0, 0.1) is 5.92 Å². The second-order valence-corrected chi connectivity index (χ2v) is 9.54. The molecule has 0 saturated carbocycles. The normalized spacial score (nSPS) is 14.9. The van der Waals surface area contributed by atoms with E-state index in [1.54, 1.807) is 68.6 Å². The zero-order valence-electron chi connectivity index (χ0n) is 20.7. The van der Waals surface area contributed by atoms with E-state index >= 15 is 0 Å². The molecule has 1 fully saturated rings. The van der Waals surface area contributed by atoms with Gasteiger partial charge in [-0.3, -0.25) is 9.59 Å². The molecule has 1 aliphatic rings. The average molecular weight is 503 g/mol. The number of carbonyl (C=O) groups is 2. The number of methoxy groups -OCH3 is 1. The Labute approximate surface area is 212 Å². The highest BCUT2D eigenvalue weighted by atomic mass is 35.5. The number of rotatable bonds is 10. The van der Waals surface area contributed by atoms with Crippen LogP contribution in [0.25, 0.3) is 0 Å². The van der Waals surface area contributed by atoms with Crippen LogP contribution < -0.4 is 9.47 Å². The first-order valence-electron chi connectivity index (χ1n) is 12.0. The van der Waals surface area contributed by atoms with E-state index < -0.39 is 6.10 Å². The first-order valence-corrected chi connectivity index (χ1v) is 12.4. The molecule has 0 aromatic heterocycles. The summed E-state index contributed by atoms with van der Waals surface area (Å²) in [6.45, 7) is 1.91. The van der Waals surface area contributed by atoms with E-state index in [0.29, 0.717) is 53.3 Å². The van der Waals surface area contributed by atoms with Crippen LogP contribution >= 0.6 is 11.6 Å². The summed E-state index contributed by atoms with van der Waals surface area (Å²) >= 11 is 6.24. The van der Waals surface area contributed by atoms with Crippen LogP contribution in [0.2, 0.25) is 5.02 Å². The van der Waals surface area contributed by atoms with Crippen molar-refractivity contribution in [1.82, 2.24) is 9.80 Å². The van der Waals surface area contributed by atoms with E-state index in [4.69, 9.17) is 21.1 Å². The molecule has 2 amide bonds. The number of piperidine rings is 1. The van der Waals surface area contributed by atoms with Gasteiger partial charge in [0.05, 0.1) is 24.3 Å². The highest BCUT2D eigenvalue weighted by Crippen LogP contribution is 2.27. The summed E-state index contributed by atoms with van der Waals surface area (Å²) < 4.78 is 11.0. The Balaban J connectivity index is 1.35. The van der Waals surface area contributed by atoms with Gasteiger partial charge in [-0.25, -0.2) is 0 Å². The van der Waals surface area contributed by atoms with Crippen molar-refractivity contribution in [3.05, 3.63) is 58.6 Å². The number of aliphatic hydroxyl groups is 1. The molecule has 0 radical (unpaired) electrons. The van der Waals surface area contributed by atoms with Gasteiger partial charge in [-0.1, -0.05) is 30.2 Å². The molecule has 2 aromatic rings. The molecule has 1 atom stereocenters. The van der Waals surface area contributed by atoms with Gasteiger partial charge in [-0.15, -0.1) is 0 Å². The summed E-state index contributed by atoms with van der Waals surface area (Å²) in [5.41, 5.74) is 1.02. The second-order valence-electron chi connectivity index (χ2n) is 9.13. The molecule has 0 bridgehead atoms. The lowest BCUT2D eigenvalue weighted by Crippen LogP contribution is -2.41. The van der Waals surface area contributed by atoms with Crippen LogP contribution in [-0.4, -0.2) is 67.6 Å². The van der Waals surface area contributed by atoms with Gasteiger partial charge in [0.25, 0.3) is 11.8 Å². The maximum atomic E-state index is 12.7. The Morgan fingerprint density at radius 2 is 1.86 bits per heavy atom. The quantitative estimate of drug-likeness (QED) is 0.481. The smallest absolute Gasteiger partial charge is 0.256 e. The maximum Gasteiger partial charge on any atom is 0.256 e. The Bertz CT molecular complexity index is 1000. The summed E-state index contributed by atoms with van der Waals surface area (Å²) in [7, 11) is 4.94. The van der Waals surface area contributed by atoms with Gasteiger partial charge in [-0.05, 0) is 67.5 Å². The minimum atomic E-state index is -1.16. The van der Waals surface area contributed by atoms with Crippen LogP contribution in [0.4, 0.5) is 0 Å². The topological polar surface area (TPSA) is 79.3 Å². The lowest BCUT2D eigenvalue weighted by Gasteiger charge is -2.33. The fraction of sp³-hybridized carbons (Fsp3) is 0.481. The molecule has 35 heavy (non-hydrogen) atoms. The van der Waals surface area contributed by atoms with E-state index in [1.807, 2.05) is 0 Å². The first-order chi connectivity index (χ1) is 16.8. The van der Waals surface area contributed by atoms with Crippen molar-refractivity contribution in [2.24, 2.45) is 5.92 Å². The van der Waals surface area contributed by atoms with Gasteiger partial charge < -0.3 is 24.4 Å². The molecule has 1 N–H and O–H groups in total. The molecule has 190 valence electrons. The monoisotopic (exact) mass is 502 g/mol. The van der Waals surface area contributed by atoms with E-state index in [0.717, 1.165) is 32.1 Å². The Morgan fingerprint density at radius 3 is 2.51 bits per heavy atom. The molecule has 1 unspecified atom stereocenters. The lowest BCUT2D eigenvalue weighted by molar-refractivity contribution is -0.142. The van der Waals surface area contributed by atoms with Crippen LogP contribution in [0.15, 0.2) is 42.5 Å². The predicted octanol–water partition coefficient (Wildman–Crippen LogP) is 4.57. The molecular formula is C27H35ClN2O5. The van der Waals surface area contributed by atoms with E-state index in [1.165, 1.54) is 4.90 Å². The van der Waals surface area contributed by atoms with Crippen molar-refractivity contribution in [3.63, 3.8) is 0 Å². The minimum absolute atomic E-state index is 0.135. The SMILES string of the molecule is COc1cccc(C(O)C(=O)N2CCC(CCCCOc3ccc(C(=O)N(C)C)c(Cl)c3)CC2)c1. The average Bonchev–Trinajstić information content (AvgIpc) is 2.87. The van der Waals surface area contributed by atoms with E-state index in [9.17, 15) is 14.7 Å². The van der Waals surface area contributed by atoms with Crippen molar-refractivity contribution < 1.29 is 24.2 Å². The molecule has 1 saturated heterocycles. The van der Waals surface area contributed by atoms with Gasteiger partial charge in [-0.2, -0.15) is 0 Å². The molecule has 3 rings (SSSR count). The van der Waals surface area contributed by atoms with Crippen LogP contribution in [0.3, 0.4) is 0 Å². The highest BCUT2D eigenvalue weighted by molar-refractivity contribution is 6.34. The zero-order valence-corrected chi connectivity index (χ0v) is 21.5. The molecule has 0 spiro atoms. The Hall–Kier alpha value is -2.77. The standard InChI is InChI=1S/C27H35ClN2O5/c1-29(2)26(32)23-11-10-22(18-24(23)28)35-16-5-4-7-19-12-14-30(15-13-19)27(33)25(31)20-8-6-9-21(17-20)34-3/h6,8-11,17-19,25,31H,4-5,7,12-16H2,1-3H3. The molecule has 8 heteroatoms. The number of hydrogen-bond acceptors (Lipinski definition) is 5. The fourth-order valence-corrected chi connectivity index (χ4v) is 4.55. The highest BCUT2D eigenvalue weighted by Gasteiger charge is 2.28. The van der Waals surface area contributed by atoms with E-state index in [-0.39, 0.29) is 11.8 Å². The van der Waals surface area contributed by atoms with Crippen molar-refractivity contribution in [1.29, 1.82) is 0 Å². The third-order valence-corrected chi connectivity index (χ3v) is 6.73. The van der Waals surface area contributed by atoms with Gasteiger partial charge in [0.1, 0.15) is 11.5 Å². The molecule has 1 aliphatic heterocycles. The largest absolute Gasteiger partial charge is 0.497 e. The third-order valence-electron chi connectivity index (χ3n) is 6.42. The Morgan fingerprint density at radius 1 is 1.11 bits per heavy atom. The number of ether oxygens (including phenoxy) is 2. The number of unbranched alkanes of at least 4 members (excludes halogenated alkanes) is 1. The summed E-state index contributed by atoms with van der Waals surface area (Å²) in [4.78, 5) is 28.1. The molecule has 7 nitrogen and oxygen atoms in total. The number of halogens is 1. The van der Waals surface area contributed by atoms with Crippen LogP contribution in [0.5, 0.6) is 11.5 Å². The lowest BCUT2D eigenvalue weighted by atomic mass is 9.91. The molecular weight excluding hydrogens is 468 g/mol. The first kappa shape index (κ1) is 26.8. The van der Waals surface area contributed by atoms with E-state index in [2.05, 4.69) is 0 Å². The number of benzene rings is 2.